The zero-order valence-electron chi connectivity index (χ0n) is 10.1. The van der Waals surface area contributed by atoms with Crippen LogP contribution in [0, 0.1) is 0 Å². The Labute approximate surface area is 96.7 Å². The van der Waals surface area contributed by atoms with Gasteiger partial charge in [0.2, 0.25) is 5.91 Å². The Balaban J connectivity index is 3.70. The third kappa shape index (κ3) is 7.04. The summed E-state index contributed by atoms with van der Waals surface area (Å²) in [6, 6.07) is 0. The molecule has 0 aliphatic carbocycles. The van der Waals surface area contributed by atoms with Crippen molar-refractivity contribution in [1.82, 2.24) is 5.32 Å². The highest BCUT2D eigenvalue weighted by Crippen LogP contribution is 2.05. The van der Waals surface area contributed by atoms with Gasteiger partial charge < -0.3 is 10.4 Å². The van der Waals surface area contributed by atoms with Crippen LogP contribution in [0.1, 0.15) is 52.4 Å². The van der Waals surface area contributed by atoms with E-state index in [0.29, 0.717) is 6.42 Å². The maximum absolute atomic E-state index is 11.3. The maximum atomic E-state index is 11.3. The molecule has 92 valence electrons. The Kier molecular flexibility index (Phi) is 8.21. The lowest BCUT2D eigenvalue weighted by atomic mass is 10.1. The first-order valence-corrected chi connectivity index (χ1v) is 5.81. The normalized spacial score (nSPS) is 11.2. The minimum atomic E-state index is -1.10. The number of nitrogens with one attached hydrogen (secondary N) is 1. The predicted molar refractivity (Wildman–Crippen MR) is 62.9 cm³/mol. The van der Waals surface area contributed by atoms with Gasteiger partial charge in [-0.25, -0.2) is 4.79 Å². The molecule has 0 radical (unpaired) electrons. The Morgan fingerprint density at radius 2 is 1.81 bits per heavy atom. The summed E-state index contributed by atoms with van der Waals surface area (Å²) in [5.41, 5.74) is -0.0430. The lowest BCUT2D eigenvalue weighted by Crippen LogP contribution is -2.26. The number of carboxylic acids is 1. The van der Waals surface area contributed by atoms with Gasteiger partial charge in [-0.1, -0.05) is 38.7 Å². The van der Waals surface area contributed by atoms with Crippen LogP contribution < -0.4 is 5.32 Å². The van der Waals surface area contributed by atoms with E-state index in [-0.39, 0.29) is 11.6 Å². The number of amides is 1. The molecule has 1 amide bonds. The summed E-state index contributed by atoms with van der Waals surface area (Å²) in [4.78, 5) is 21.9. The van der Waals surface area contributed by atoms with Gasteiger partial charge in [-0.3, -0.25) is 4.79 Å². The summed E-state index contributed by atoms with van der Waals surface area (Å²) in [6.45, 7) is 3.73. The monoisotopic (exact) mass is 227 g/mol. The standard InChI is InChI=1S/C12H21NO3/c1-3-5-6-7-8-9-11(14)13-10(4-2)12(15)16/h4H,3,5-9H2,1-2H3,(H,13,14)(H,15,16). The van der Waals surface area contributed by atoms with Gasteiger partial charge in [0.05, 0.1) is 0 Å². The molecule has 0 heterocycles. The number of carboxylic acid groups (broad SMARTS) is 1. The van der Waals surface area contributed by atoms with Crippen molar-refractivity contribution in [2.75, 3.05) is 0 Å². The van der Waals surface area contributed by atoms with Gasteiger partial charge in [-0.05, 0) is 13.3 Å². The lowest BCUT2D eigenvalue weighted by molar-refractivity contribution is -0.134. The van der Waals surface area contributed by atoms with Crippen molar-refractivity contribution >= 4 is 11.9 Å². The molecule has 0 rings (SSSR count). The van der Waals surface area contributed by atoms with Gasteiger partial charge in [0, 0.05) is 6.42 Å². The third-order valence-corrected chi connectivity index (χ3v) is 2.30. The summed E-state index contributed by atoms with van der Waals surface area (Å²) in [5.74, 6) is -1.31. The minimum Gasteiger partial charge on any atom is -0.477 e. The first kappa shape index (κ1) is 14.7. The summed E-state index contributed by atoms with van der Waals surface area (Å²) >= 11 is 0. The number of hydrogen-bond donors (Lipinski definition) is 2. The molecule has 2 N–H and O–H groups in total. The van der Waals surface area contributed by atoms with Gasteiger partial charge in [-0.15, -0.1) is 0 Å². The van der Waals surface area contributed by atoms with Crippen LogP contribution in [0.4, 0.5) is 0 Å². The molecule has 0 atom stereocenters. The zero-order chi connectivity index (χ0) is 12.4. The van der Waals surface area contributed by atoms with Crippen molar-refractivity contribution in [3.05, 3.63) is 11.8 Å². The van der Waals surface area contributed by atoms with E-state index in [9.17, 15) is 9.59 Å². The largest absolute Gasteiger partial charge is 0.477 e. The van der Waals surface area contributed by atoms with Crippen LogP contribution in [0.2, 0.25) is 0 Å². The van der Waals surface area contributed by atoms with Crippen LogP contribution in [0.15, 0.2) is 11.8 Å². The van der Waals surface area contributed by atoms with Gasteiger partial charge in [0.1, 0.15) is 5.70 Å². The molecule has 0 aromatic carbocycles. The fourth-order valence-corrected chi connectivity index (χ4v) is 1.35. The van der Waals surface area contributed by atoms with Crippen LogP contribution in [0.3, 0.4) is 0 Å². The van der Waals surface area contributed by atoms with E-state index in [1.54, 1.807) is 6.92 Å². The predicted octanol–water partition coefficient (Wildman–Crippen LogP) is 2.45. The molecule has 0 bridgehead atoms. The Morgan fingerprint density at radius 3 is 2.31 bits per heavy atom. The molecule has 0 saturated carbocycles. The molecule has 0 spiro atoms. The van der Waals surface area contributed by atoms with Gasteiger partial charge in [0.15, 0.2) is 0 Å². The number of unbranched alkanes of at least 4 members (excludes halogenated alkanes) is 4. The maximum Gasteiger partial charge on any atom is 0.352 e. The van der Waals surface area contributed by atoms with E-state index >= 15 is 0 Å². The molecule has 4 nitrogen and oxygen atoms in total. The minimum absolute atomic E-state index is 0.0430. The molecule has 0 aromatic rings. The van der Waals surface area contributed by atoms with E-state index < -0.39 is 5.97 Å². The number of allylic oxidation sites excluding steroid dienone is 1. The summed E-state index contributed by atoms with van der Waals surface area (Å²) in [5, 5.41) is 11.1. The Hall–Kier alpha value is -1.32. The molecule has 4 heteroatoms. The molecule has 0 aliphatic heterocycles. The number of hydrogen-bond acceptors (Lipinski definition) is 2. The first-order chi connectivity index (χ1) is 7.61. The molecule has 0 aromatic heterocycles. The molecule has 0 fully saturated rings. The topological polar surface area (TPSA) is 66.4 Å². The number of carbonyl (C=O) groups excluding carboxylic acids is 1. The highest BCUT2D eigenvalue weighted by Gasteiger charge is 2.09. The van der Waals surface area contributed by atoms with Crippen molar-refractivity contribution < 1.29 is 14.7 Å². The van der Waals surface area contributed by atoms with Crippen molar-refractivity contribution in [2.24, 2.45) is 0 Å². The van der Waals surface area contributed by atoms with Crippen molar-refractivity contribution in [3.8, 4) is 0 Å². The van der Waals surface area contributed by atoms with Crippen LogP contribution in [-0.4, -0.2) is 17.0 Å². The summed E-state index contributed by atoms with van der Waals surface area (Å²) in [7, 11) is 0. The molecule has 0 saturated heterocycles. The quantitative estimate of drug-likeness (QED) is 0.494. The average molecular weight is 227 g/mol. The van der Waals surface area contributed by atoms with E-state index in [1.165, 1.54) is 18.9 Å². The Morgan fingerprint density at radius 1 is 1.19 bits per heavy atom. The SMILES string of the molecule is CC=C(NC(=O)CCCCCCC)C(=O)O. The van der Waals surface area contributed by atoms with Crippen molar-refractivity contribution in [2.45, 2.75) is 52.4 Å². The van der Waals surface area contributed by atoms with E-state index in [1.807, 2.05) is 0 Å². The van der Waals surface area contributed by atoms with Crippen LogP contribution >= 0.6 is 0 Å². The summed E-state index contributed by atoms with van der Waals surface area (Å²) < 4.78 is 0. The molecular weight excluding hydrogens is 206 g/mol. The van der Waals surface area contributed by atoms with Crippen molar-refractivity contribution in [3.63, 3.8) is 0 Å². The average Bonchev–Trinajstić information content (AvgIpc) is 2.25. The van der Waals surface area contributed by atoms with Crippen LogP contribution in [0.5, 0.6) is 0 Å². The zero-order valence-corrected chi connectivity index (χ0v) is 10.1. The van der Waals surface area contributed by atoms with Gasteiger partial charge in [0.25, 0.3) is 0 Å². The number of carbonyl (C=O) groups is 2. The first-order valence-electron chi connectivity index (χ1n) is 5.81. The summed E-state index contributed by atoms with van der Waals surface area (Å²) in [6.07, 6.45) is 7.14. The number of aliphatic carboxylic acids is 1. The lowest BCUT2D eigenvalue weighted by Gasteiger charge is -2.04. The van der Waals surface area contributed by atoms with E-state index in [2.05, 4.69) is 12.2 Å². The molecule has 0 unspecified atom stereocenters. The van der Waals surface area contributed by atoms with E-state index in [4.69, 9.17) is 5.11 Å². The van der Waals surface area contributed by atoms with Crippen LogP contribution in [0.25, 0.3) is 0 Å². The van der Waals surface area contributed by atoms with Crippen LogP contribution in [-0.2, 0) is 9.59 Å². The Bertz CT molecular complexity index is 259. The van der Waals surface area contributed by atoms with Gasteiger partial charge in [-0.2, -0.15) is 0 Å². The third-order valence-electron chi connectivity index (χ3n) is 2.30. The van der Waals surface area contributed by atoms with E-state index in [0.717, 1.165) is 19.3 Å². The number of rotatable bonds is 8. The smallest absolute Gasteiger partial charge is 0.352 e. The van der Waals surface area contributed by atoms with Gasteiger partial charge >= 0.3 is 5.97 Å². The second-order valence-corrected chi connectivity index (χ2v) is 3.72. The second-order valence-electron chi connectivity index (χ2n) is 3.72. The fraction of sp³-hybridized carbons (Fsp3) is 0.667. The molecule has 16 heavy (non-hydrogen) atoms. The second kappa shape index (κ2) is 8.95. The fourth-order valence-electron chi connectivity index (χ4n) is 1.35. The highest BCUT2D eigenvalue weighted by atomic mass is 16.4. The highest BCUT2D eigenvalue weighted by molar-refractivity contribution is 5.92. The molecule has 0 aliphatic rings. The molecular formula is C12H21NO3. The van der Waals surface area contributed by atoms with Crippen molar-refractivity contribution in [1.29, 1.82) is 0 Å².